The van der Waals surface area contributed by atoms with Crippen LogP contribution in [-0.2, 0) is 27.9 Å². The molecule has 1 saturated heterocycles. The summed E-state index contributed by atoms with van der Waals surface area (Å²) < 4.78 is 36.5. The number of carbonyl (C=O) groups is 1. The van der Waals surface area contributed by atoms with Crippen molar-refractivity contribution in [3.05, 3.63) is 90.0 Å². The van der Waals surface area contributed by atoms with Gasteiger partial charge in [-0.1, -0.05) is 42.5 Å². The lowest BCUT2D eigenvalue weighted by atomic mass is 9.94. The number of ether oxygens (including phenoxy) is 2. The molecule has 0 radical (unpaired) electrons. The second-order valence-electron chi connectivity index (χ2n) is 9.83. The van der Waals surface area contributed by atoms with Crippen LogP contribution in [0, 0.1) is 11.8 Å². The van der Waals surface area contributed by atoms with Gasteiger partial charge in [-0.25, -0.2) is 13.2 Å². The molecule has 4 rings (SSSR count). The highest BCUT2D eigenvalue weighted by atomic mass is 35.5. The topological polar surface area (TPSA) is 97.0 Å². The molecule has 1 aliphatic rings. The van der Waals surface area contributed by atoms with Gasteiger partial charge < -0.3 is 14.8 Å². The first kappa shape index (κ1) is 31.8. The number of hydrogen-bond donors (Lipinski definition) is 2. The third-order valence-electron chi connectivity index (χ3n) is 6.59. The molecule has 2 N–H and O–H groups in total. The number of likely N-dealkylation sites (tertiary alicyclic amines) is 1. The fourth-order valence-electron chi connectivity index (χ4n) is 4.64. The van der Waals surface area contributed by atoms with Gasteiger partial charge in [0.25, 0.3) is 0 Å². The van der Waals surface area contributed by atoms with Crippen molar-refractivity contribution >= 4 is 34.2 Å². The third kappa shape index (κ3) is 10.7. The molecule has 3 aromatic carbocycles. The van der Waals surface area contributed by atoms with Crippen LogP contribution in [0.15, 0.2) is 78.9 Å². The molecule has 0 saturated carbocycles. The Kier molecular flexibility index (Phi) is 11.9. The molecule has 10 heteroatoms. The van der Waals surface area contributed by atoms with E-state index < -0.39 is 10.0 Å². The van der Waals surface area contributed by atoms with Gasteiger partial charge in [-0.15, -0.1) is 24.2 Å². The fourth-order valence-corrected chi connectivity index (χ4v) is 5.21. The first-order valence-corrected chi connectivity index (χ1v) is 15.1. The third-order valence-corrected chi connectivity index (χ3v) is 7.20. The molecular weight excluding hydrogens is 562 g/mol. The highest BCUT2D eigenvalue weighted by Gasteiger charge is 2.29. The summed E-state index contributed by atoms with van der Waals surface area (Å²) >= 11 is 0. The van der Waals surface area contributed by atoms with E-state index in [0.717, 1.165) is 49.7 Å². The predicted molar refractivity (Wildman–Crippen MR) is 164 cm³/mol. The molecule has 1 heterocycles. The van der Waals surface area contributed by atoms with E-state index in [9.17, 15) is 13.2 Å². The number of sulfonamides is 1. The quantitative estimate of drug-likeness (QED) is 0.281. The van der Waals surface area contributed by atoms with Gasteiger partial charge in [0.05, 0.1) is 6.26 Å². The first-order chi connectivity index (χ1) is 19.3. The number of nitrogens with zero attached hydrogens (tertiary/aromatic N) is 1. The molecule has 8 nitrogen and oxygen atoms in total. The van der Waals surface area contributed by atoms with E-state index in [1.807, 2.05) is 61.5 Å². The number of piperidine rings is 1. The van der Waals surface area contributed by atoms with Crippen LogP contribution in [-0.4, -0.2) is 44.3 Å². The van der Waals surface area contributed by atoms with E-state index in [0.29, 0.717) is 17.2 Å². The normalized spacial score (nSPS) is 16.8. The zero-order valence-corrected chi connectivity index (χ0v) is 24.8. The van der Waals surface area contributed by atoms with Gasteiger partial charge in [0.1, 0.15) is 18.1 Å². The summed E-state index contributed by atoms with van der Waals surface area (Å²) in [7, 11) is -3.32. The Morgan fingerprint density at radius 3 is 2.27 bits per heavy atom. The maximum Gasteiger partial charge on any atom is 0.407 e. The molecule has 0 aliphatic carbocycles. The van der Waals surface area contributed by atoms with E-state index in [2.05, 4.69) is 26.8 Å². The molecule has 218 valence electrons. The van der Waals surface area contributed by atoms with Crippen molar-refractivity contribution in [2.24, 2.45) is 0 Å². The van der Waals surface area contributed by atoms with Gasteiger partial charge >= 0.3 is 6.09 Å². The van der Waals surface area contributed by atoms with Crippen molar-refractivity contribution in [2.45, 2.75) is 51.4 Å². The number of rotatable bonds is 10. The second-order valence-corrected chi connectivity index (χ2v) is 11.6. The number of halogens is 1. The summed E-state index contributed by atoms with van der Waals surface area (Å²) in [6.45, 7) is 3.71. The number of hydrogen-bond acceptors (Lipinski definition) is 6. The summed E-state index contributed by atoms with van der Waals surface area (Å²) in [5.41, 5.74) is 2.60. The lowest BCUT2D eigenvalue weighted by Gasteiger charge is -2.39. The molecule has 2 unspecified atom stereocenters. The number of carbonyl (C=O) groups excluding carboxylic acids is 1. The summed E-state index contributed by atoms with van der Waals surface area (Å²) in [5.74, 6) is 7.52. The largest absolute Gasteiger partial charge is 0.457 e. The number of benzene rings is 3. The van der Waals surface area contributed by atoms with Gasteiger partial charge in [-0.3, -0.25) is 9.62 Å². The molecule has 1 fully saturated rings. The Balaban J connectivity index is 0.00000462. The molecule has 2 atom stereocenters. The number of nitrogens with one attached hydrogen (secondary N) is 2. The predicted octanol–water partition coefficient (Wildman–Crippen LogP) is 5.95. The summed E-state index contributed by atoms with van der Waals surface area (Å²) in [6, 6.07) is 24.6. The molecule has 3 aromatic rings. The standard InChI is InChI=1S/C31H35N3O5S.ClH/c1-3-4-10-28-21-27(32-31(35)38-23-25-8-6-5-7-9-25)19-20-34(28)22-24-11-15-29(16-12-24)39-30-17-13-26(14-18-30)33-40(2,36)37;/h5-9,11-18,27-28,33H,10,19-23H2,1-2H3,(H,32,35);1H. The monoisotopic (exact) mass is 597 g/mol. The molecule has 1 aliphatic heterocycles. The average molecular weight is 598 g/mol. The fraction of sp³-hybridized carbons (Fsp3) is 0.323. The zero-order valence-electron chi connectivity index (χ0n) is 23.2. The van der Waals surface area contributed by atoms with Crippen LogP contribution in [0.3, 0.4) is 0 Å². The summed E-state index contributed by atoms with van der Waals surface area (Å²) in [5, 5.41) is 3.04. The molecular formula is C31H36ClN3O5S. The molecule has 0 spiro atoms. The Morgan fingerprint density at radius 1 is 0.976 bits per heavy atom. The van der Waals surface area contributed by atoms with Crippen LogP contribution >= 0.6 is 12.4 Å². The maximum absolute atomic E-state index is 12.4. The number of amides is 1. The average Bonchev–Trinajstić information content (AvgIpc) is 2.94. The smallest absolute Gasteiger partial charge is 0.407 e. The minimum atomic E-state index is -3.32. The van der Waals surface area contributed by atoms with E-state index in [4.69, 9.17) is 9.47 Å². The Bertz CT molecular complexity index is 1420. The summed E-state index contributed by atoms with van der Waals surface area (Å²) in [4.78, 5) is 14.8. The maximum atomic E-state index is 12.4. The van der Waals surface area contributed by atoms with E-state index in [1.54, 1.807) is 24.3 Å². The van der Waals surface area contributed by atoms with Crippen molar-refractivity contribution in [3.8, 4) is 23.3 Å². The van der Waals surface area contributed by atoms with Crippen molar-refractivity contribution in [1.29, 1.82) is 0 Å². The molecule has 0 aromatic heterocycles. The van der Waals surface area contributed by atoms with Crippen LogP contribution in [0.1, 0.15) is 37.3 Å². The van der Waals surface area contributed by atoms with Gasteiger partial charge in [0.2, 0.25) is 10.0 Å². The minimum absolute atomic E-state index is 0. The van der Waals surface area contributed by atoms with Crippen LogP contribution in [0.2, 0.25) is 0 Å². The molecule has 0 bridgehead atoms. The second kappa shape index (κ2) is 15.3. The zero-order chi connectivity index (χ0) is 28.4. The Hall–Kier alpha value is -3.71. The van der Waals surface area contributed by atoms with E-state index >= 15 is 0 Å². The summed E-state index contributed by atoms with van der Waals surface area (Å²) in [6.07, 6.45) is 3.10. The van der Waals surface area contributed by atoms with Crippen molar-refractivity contribution in [3.63, 3.8) is 0 Å². The van der Waals surface area contributed by atoms with Crippen LogP contribution in [0.4, 0.5) is 10.5 Å². The minimum Gasteiger partial charge on any atom is -0.457 e. The Labute approximate surface area is 248 Å². The lowest BCUT2D eigenvalue weighted by molar-refractivity contribution is 0.103. The SMILES string of the molecule is CC#CCC1CC(NC(=O)OCc2ccccc2)CCN1Cc1ccc(Oc2ccc(NS(C)(=O)=O)cc2)cc1.Cl. The van der Waals surface area contributed by atoms with E-state index in [-0.39, 0.29) is 37.2 Å². The first-order valence-electron chi connectivity index (χ1n) is 13.2. The number of anilines is 1. The van der Waals surface area contributed by atoms with Gasteiger partial charge in [0.15, 0.2) is 0 Å². The van der Waals surface area contributed by atoms with Gasteiger partial charge in [-0.05, 0) is 67.3 Å². The van der Waals surface area contributed by atoms with Crippen molar-refractivity contribution < 1.29 is 22.7 Å². The van der Waals surface area contributed by atoms with Crippen molar-refractivity contribution in [2.75, 3.05) is 17.5 Å². The Morgan fingerprint density at radius 2 is 1.63 bits per heavy atom. The van der Waals surface area contributed by atoms with Gasteiger partial charge in [-0.2, -0.15) is 0 Å². The van der Waals surface area contributed by atoms with Crippen molar-refractivity contribution in [1.82, 2.24) is 10.2 Å². The highest BCUT2D eigenvalue weighted by Crippen LogP contribution is 2.26. The lowest BCUT2D eigenvalue weighted by Crippen LogP contribution is -2.49. The molecule has 1 amide bonds. The van der Waals surface area contributed by atoms with Crippen LogP contribution < -0.4 is 14.8 Å². The van der Waals surface area contributed by atoms with Crippen LogP contribution in [0.5, 0.6) is 11.5 Å². The van der Waals surface area contributed by atoms with Crippen LogP contribution in [0.25, 0.3) is 0 Å². The number of alkyl carbamates (subject to hydrolysis) is 1. The molecule has 41 heavy (non-hydrogen) atoms. The van der Waals surface area contributed by atoms with Gasteiger partial charge in [0, 0.05) is 37.3 Å². The van der Waals surface area contributed by atoms with E-state index in [1.165, 1.54) is 0 Å². The highest BCUT2D eigenvalue weighted by molar-refractivity contribution is 7.92.